The van der Waals surface area contributed by atoms with Crippen LogP contribution in [0, 0.1) is 0 Å². The van der Waals surface area contributed by atoms with Crippen LogP contribution in [0.4, 0.5) is 9.93 Å². The van der Waals surface area contributed by atoms with E-state index in [9.17, 15) is 37.2 Å². The molecule has 4 aliphatic rings. The molecule has 5 heterocycles. The molecular formula is C62H82N6O19S2Si2. The molecule has 4 aliphatic heterocycles. The number of rotatable bonds is 18. The number of carbonyl (C=O) groups excluding carboxylic acids is 7. The van der Waals surface area contributed by atoms with Crippen molar-refractivity contribution in [2.75, 3.05) is 25.1 Å². The lowest BCUT2D eigenvalue weighted by atomic mass is 9.97. The Morgan fingerprint density at radius 2 is 1.24 bits per heavy atom. The number of hydrogen-bond donors (Lipinski definition) is 2. The molecule has 8 rings (SSSR count). The van der Waals surface area contributed by atoms with Crippen molar-refractivity contribution in [2.24, 2.45) is 5.16 Å². The number of oxime groups is 1. The normalized spacial score (nSPS) is 20.3. The maximum Gasteiger partial charge on any atom is 0.413 e. The summed E-state index contributed by atoms with van der Waals surface area (Å²) in [5.41, 5.74) is -8.76. The Bertz CT molecular complexity index is 3590. The molecule has 0 saturated carbocycles. The van der Waals surface area contributed by atoms with E-state index in [4.69, 9.17) is 46.9 Å². The molecule has 29 heteroatoms. The number of cyclic esters (lactones) is 1. The first-order chi connectivity index (χ1) is 41.8. The number of anilines is 1. The van der Waals surface area contributed by atoms with Crippen LogP contribution in [0.3, 0.4) is 0 Å². The van der Waals surface area contributed by atoms with Crippen molar-refractivity contribution in [3.8, 4) is 11.5 Å². The number of hydroxylamine groups is 2. The monoisotopic (exact) mass is 1330 g/mol. The van der Waals surface area contributed by atoms with Gasteiger partial charge in [-0.05, 0) is 105 Å². The van der Waals surface area contributed by atoms with E-state index in [1.54, 1.807) is 102 Å². The van der Waals surface area contributed by atoms with Crippen molar-refractivity contribution < 1.29 is 88.9 Å². The summed E-state index contributed by atoms with van der Waals surface area (Å²) in [5.74, 6) is -9.08. The Morgan fingerprint density at radius 1 is 0.725 bits per heavy atom. The van der Waals surface area contributed by atoms with Crippen LogP contribution in [0.25, 0.3) is 0 Å². The Labute approximate surface area is 536 Å². The Hall–Kier alpha value is -7.29. The van der Waals surface area contributed by atoms with Gasteiger partial charge in [0.15, 0.2) is 45.0 Å². The third-order valence-corrected chi connectivity index (χ3v) is 27.5. The summed E-state index contributed by atoms with van der Waals surface area (Å²) < 4.78 is 79.2. The fraction of sp³-hybridized carbons (Fsp3) is 0.532. The van der Waals surface area contributed by atoms with Crippen LogP contribution in [0.5, 0.6) is 11.5 Å². The maximum atomic E-state index is 15.1. The average molecular weight is 1340 g/mol. The predicted octanol–water partition coefficient (Wildman–Crippen LogP) is 9.46. The molecule has 1 unspecified atom stereocenters. The zero-order valence-electron chi connectivity index (χ0n) is 54.9. The van der Waals surface area contributed by atoms with E-state index in [-0.39, 0.29) is 36.7 Å². The quantitative estimate of drug-likeness (QED) is 0.0308. The SMILES string of the molecule is CC(C)(C)OC(=O)Nc1nc(/C(=N/OC(CO[Si](C)(C)C(C)(C)C)(CO[Si](C)(C)C(C)(C)C)C(=O)OC(C)(C)C)C(=O)N[C@H]2CON(C3(C(=O)OC(C)(C)C)C[C@H](N4C(=O)c5cc6c(cc5S4(=O)=O)OC(c4ccccc4)(c4ccccc4)O6)C(=O)O3)C2=O)cs1. The first kappa shape index (κ1) is 69.6. The summed E-state index contributed by atoms with van der Waals surface area (Å²) >= 11 is 0.855. The highest BCUT2D eigenvalue weighted by Crippen LogP contribution is 2.52. The largest absolute Gasteiger partial charge is 0.457 e. The van der Waals surface area contributed by atoms with Gasteiger partial charge in [-0.2, -0.15) is 5.06 Å². The van der Waals surface area contributed by atoms with Crippen LogP contribution >= 0.6 is 11.3 Å². The maximum absolute atomic E-state index is 15.1. The highest BCUT2D eigenvalue weighted by Gasteiger charge is 2.67. The number of sulfonamides is 1. The highest BCUT2D eigenvalue weighted by molar-refractivity contribution is 7.90. The minimum atomic E-state index is -5.00. The number of aromatic nitrogens is 1. The number of amides is 4. The van der Waals surface area contributed by atoms with Crippen LogP contribution in [0.15, 0.2) is 88.2 Å². The molecule has 3 aromatic carbocycles. The van der Waals surface area contributed by atoms with Crippen LogP contribution in [-0.2, 0) is 77.3 Å². The van der Waals surface area contributed by atoms with E-state index in [2.05, 4.69) is 20.8 Å². The fourth-order valence-electron chi connectivity index (χ4n) is 9.12. The molecule has 2 fully saturated rings. The molecule has 0 aliphatic carbocycles. The lowest BCUT2D eigenvalue weighted by molar-refractivity contribution is -0.263. The molecule has 25 nitrogen and oxygen atoms in total. The summed E-state index contributed by atoms with van der Waals surface area (Å²) in [7, 11) is -10.5. The molecule has 2 saturated heterocycles. The molecule has 0 bridgehead atoms. The van der Waals surface area contributed by atoms with E-state index >= 15 is 4.79 Å². The number of ether oxygens (including phenoxy) is 6. The minimum absolute atomic E-state index is 0.000704. The van der Waals surface area contributed by atoms with E-state index < -0.39 is 157 Å². The summed E-state index contributed by atoms with van der Waals surface area (Å²) in [6.45, 7) is 32.5. The Kier molecular flexibility index (Phi) is 18.6. The van der Waals surface area contributed by atoms with Gasteiger partial charge >= 0.3 is 35.5 Å². The van der Waals surface area contributed by atoms with Crippen LogP contribution in [-0.4, -0.2) is 147 Å². The number of thiazole rings is 1. The average Bonchev–Trinajstić information content (AvgIpc) is 1.55. The second kappa shape index (κ2) is 24.3. The third-order valence-electron chi connectivity index (χ3n) is 15.9. The van der Waals surface area contributed by atoms with Gasteiger partial charge in [0, 0.05) is 22.6 Å². The van der Waals surface area contributed by atoms with E-state index in [1.807, 2.05) is 67.7 Å². The van der Waals surface area contributed by atoms with Crippen molar-refractivity contribution >= 4 is 90.6 Å². The predicted molar refractivity (Wildman–Crippen MR) is 337 cm³/mol. The lowest BCUT2D eigenvalue weighted by Crippen LogP contribution is -2.59. The molecule has 0 spiro atoms. The van der Waals surface area contributed by atoms with Gasteiger partial charge in [-0.3, -0.25) is 24.5 Å². The zero-order valence-corrected chi connectivity index (χ0v) is 58.5. The van der Waals surface area contributed by atoms with Crippen molar-refractivity contribution in [2.45, 2.75) is 197 Å². The van der Waals surface area contributed by atoms with Gasteiger partial charge < -0.3 is 47.4 Å². The van der Waals surface area contributed by atoms with Gasteiger partial charge in [0.1, 0.15) is 40.0 Å². The standard InChI is InChI=1S/C62H82N6O19S2Si2/c1-55(2,3)84-51(73)60(35-79-90(16,17)58(10,11)12,36-80-91(18,19)59(13,14)15)87-66-46(41-34-88-53(64-41)65-54(75)86-57(7,8)9)47(69)63-40-33-78-68(49(40)71)61(52(74)85-56(4,5)6)32-42(50(72)83-61)67-48(70)39-30-43-44(31-45(39)89(67,76)77)82-62(81-43,37-26-22-20-23-27-37)38-28-24-21-25-29-38/h20-31,34,40,42H,32-33,35-36H2,1-19H3,(H,63,69)(H,64,65,75)/b66-46-/t40-,42-,61?/m0/s1. The second-order valence-electron chi connectivity index (χ2n) is 28.6. The summed E-state index contributed by atoms with van der Waals surface area (Å²) in [6, 6.07) is 16.1. The smallest absolute Gasteiger partial charge is 0.413 e. The van der Waals surface area contributed by atoms with Gasteiger partial charge in [-0.25, -0.2) is 36.9 Å². The molecule has 0 radical (unpaired) electrons. The van der Waals surface area contributed by atoms with Gasteiger partial charge in [-0.1, -0.05) is 107 Å². The molecule has 2 N–H and O–H groups in total. The number of esters is 3. The van der Waals surface area contributed by atoms with E-state index in [1.165, 1.54) is 32.2 Å². The molecule has 4 aromatic rings. The highest BCUT2D eigenvalue weighted by atomic mass is 32.2. The van der Waals surface area contributed by atoms with E-state index in [0.717, 1.165) is 17.4 Å². The molecule has 91 heavy (non-hydrogen) atoms. The first-order valence-electron chi connectivity index (χ1n) is 29.5. The zero-order chi connectivity index (χ0) is 67.7. The Balaban J connectivity index is 1.14. The summed E-state index contributed by atoms with van der Waals surface area (Å²) in [4.78, 5) is 118. The minimum Gasteiger partial charge on any atom is -0.457 e. The van der Waals surface area contributed by atoms with Crippen LogP contribution < -0.4 is 20.1 Å². The third kappa shape index (κ3) is 14.4. The van der Waals surface area contributed by atoms with Crippen LogP contribution in [0.2, 0.25) is 36.3 Å². The number of nitrogens with zero attached hydrogens (tertiary/aromatic N) is 4. The number of nitrogens with one attached hydrogen (secondary N) is 2. The lowest BCUT2D eigenvalue weighted by Gasteiger charge is -2.42. The topological polar surface area (TPSA) is 302 Å². The summed E-state index contributed by atoms with van der Waals surface area (Å²) in [6.07, 6.45) is -1.94. The van der Waals surface area contributed by atoms with Gasteiger partial charge in [0.05, 0.1) is 25.2 Å². The van der Waals surface area contributed by atoms with Gasteiger partial charge in [0.2, 0.25) is 0 Å². The molecule has 3 atom stereocenters. The second-order valence-corrected chi connectivity index (χ2v) is 40.9. The molecular weight excluding hydrogens is 1250 g/mol. The number of benzene rings is 3. The number of fused-ring (bicyclic) bond motifs is 2. The van der Waals surface area contributed by atoms with Crippen molar-refractivity contribution in [3.05, 3.63) is 101 Å². The molecule has 494 valence electrons. The molecule has 1 aromatic heterocycles. The fourth-order valence-corrected chi connectivity index (χ4v) is 13.6. The number of hydrogen-bond acceptors (Lipinski definition) is 22. The van der Waals surface area contributed by atoms with Crippen molar-refractivity contribution in [1.29, 1.82) is 0 Å². The first-order valence-corrected chi connectivity index (χ1v) is 37.6. The molecule has 4 amide bonds. The van der Waals surface area contributed by atoms with Crippen LogP contribution in [0.1, 0.15) is 137 Å². The van der Waals surface area contributed by atoms with Gasteiger partial charge in [-0.15, -0.1) is 11.3 Å². The van der Waals surface area contributed by atoms with Crippen molar-refractivity contribution in [1.82, 2.24) is 19.7 Å². The summed E-state index contributed by atoms with van der Waals surface area (Å²) in [5, 5.41) is 10.2. The van der Waals surface area contributed by atoms with E-state index in [0.29, 0.717) is 16.2 Å². The Morgan fingerprint density at radius 3 is 1.75 bits per heavy atom. The van der Waals surface area contributed by atoms with Crippen molar-refractivity contribution in [3.63, 3.8) is 0 Å². The number of carbonyl (C=O) groups is 7. The van der Waals surface area contributed by atoms with Gasteiger partial charge in [0.25, 0.3) is 33.3 Å².